The summed E-state index contributed by atoms with van der Waals surface area (Å²) in [7, 11) is 0. The molecule has 0 aromatic heterocycles. The Morgan fingerprint density at radius 3 is 2.47 bits per heavy atom. The van der Waals surface area contributed by atoms with Gasteiger partial charge in [-0.05, 0) is 66.0 Å². The number of ether oxygens (including phenoxy) is 2. The van der Waals surface area contributed by atoms with Gasteiger partial charge < -0.3 is 19.9 Å². The molecule has 2 aromatic rings. The van der Waals surface area contributed by atoms with E-state index in [1.165, 1.54) is 19.3 Å². The van der Waals surface area contributed by atoms with Crippen LogP contribution in [0.5, 0.6) is 0 Å². The number of aliphatic hydroxyl groups is 1. The summed E-state index contributed by atoms with van der Waals surface area (Å²) in [6.45, 7) is 0.374. The number of rotatable bonds is 7. The summed E-state index contributed by atoms with van der Waals surface area (Å²) in [4.78, 5) is 13.2. The van der Waals surface area contributed by atoms with Crippen molar-refractivity contribution in [2.45, 2.75) is 63.6 Å². The molecule has 2 bridgehead atoms. The van der Waals surface area contributed by atoms with E-state index in [-0.39, 0.29) is 24.5 Å². The molecule has 34 heavy (non-hydrogen) atoms. The molecule has 1 amide bonds. The molecule has 0 spiro atoms. The first-order valence-corrected chi connectivity index (χ1v) is 12.2. The minimum absolute atomic E-state index is 0.0110. The summed E-state index contributed by atoms with van der Waals surface area (Å²) in [5, 5.41) is 12.5. The van der Waals surface area contributed by atoms with Crippen LogP contribution in [0, 0.1) is 24.2 Å². The SMILES string of the molecule is C#Cc1ccc([C@@H]2C=C(C(=O)NC3CC4CCC3C4)O[C@H](OCc3ccc(CO)cc3)C2)cc1. The van der Waals surface area contributed by atoms with Gasteiger partial charge in [0.15, 0.2) is 5.76 Å². The topological polar surface area (TPSA) is 67.8 Å². The number of hydrogen-bond acceptors (Lipinski definition) is 4. The number of fused-ring (bicyclic) bond motifs is 2. The predicted octanol–water partition coefficient (Wildman–Crippen LogP) is 4.40. The quantitative estimate of drug-likeness (QED) is 0.605. The minimum atomic E-state index is -0.541. The van der Waals surface area contributed by atoms with E-state index in [1.807, 2.05) is 54.6 Å². The smallest absolute Gasteiger partial charge is 0.286 e. The monoisotopic (exact) mass is 457 g/mol. The lowest BCUT2D eigenvalue weighted by Gasteiger charge is -2.31. The third kappa shape index (κ3) is 5.04. The summed E-state index contributed by atoms with van der Waals surface area (Å²) < 4.78 is 12.2. The fourth-order valence-electron chi connectivity index (χ4n) is 5.57. The maximum Gasteiger partial charge on any atom is 0.286 e. The van der Waals surface area contributed by atoms with Gasteiger partial charge in [0, 0.05) is 23.9 Å². The number of carbonyl (C=O) groups excluding carboxylic acids is 1. The minimum Gasteiger partial charge on any atom is -0.459 e. The van der Waals surface area contributed by atoms with E-state index in [1.54, 1.807) is 0 Å². The van der Waals surface area contributed by atoms with Crippen molar-refractivity contribution in [3.8, 4) is 12.3 Å². The Labute approximate surface area is 201 Å². The molecule has 2 saturated carbocycles. The second-order valence-electron chi connectivity index (χ2n) is 9.73. The molecule has 2 aliphatic carbocycles. The standard InChI is InChI=1S/C29H31NO4/c1-2-19-7-10-23(11-8-19)25-15-27(29(32)30-26-14-22-9-12-24(26)13-22)34-28(16-25)33-18-21-5-3-20(17-31)4-6-21/h1,3-8,10-11,15,22,24-26,28,31H,9,12-14,16-18H2,(H,30,32)/t22?,24?,25-,26?,28+/m1/s1. The van der Waals surface area contributed by atoms with Gasteiger partial charge in [-0.1, -0.05) is 48.7 Å². The molecular weight excluding hydrogens is 426 g/mol. The maximum absolute atomic E-state index is 13.2. The average Bonchev–Trinajstić information content (AvgIpc) is 3.51. The lowest BCUT2D eigenvalue weighted by Crippen LogP contribution is -2.41. The second kappa shape index (κ2) is 10.0. The van der Waals surface area contributed by atoms with E-state index >= 15 is 0 Å². The summed E-state index contributed by atoms with van der Waals surface area (Å²) in [6.07, 6.45) is 12.3. The molecule has 0 saturated heterocycles. The highest BCUT2D eigenvalue weighted by Gasteiger charge is 2.41. The van der Waals surface area contributed by atoms with Crippen LogP contribution < -0.4 is 5.32 Å². The molecule has 3 unspecified atom stereocenters. The third-order valence-corrected chi connectivity index (χ3v) is 7.48. The van der Waals surface area contributed by atoms with Crippen LogP contribution in [0.15, 0.2) is 60.4 Å². The van der Waals surface area contributed by atoms with Gasteiger partial charge in [0.25, 0.3) is 5.91 Å². The summed E-state index contributed by atoms with van der Waals surface area (Å²) in [6, 6.07) is 15.7. The van der Waals surface area contributed by atoms with Gasteiger partial charge in [-0.3, -0.25) is 4.79 Å². The largest absolute Gasteiger partial charge is 0.459 e. The fraction of sp³-hybridized carbons (Fsp3) is 0.414. The van der Waals surface area contributed by atoms with E-state index in [2.05, 4.69) is 11.2 Å². The molecule has 2 aromatic carbocycles. The Morgan fingerprint density at radius 2 is 1.82 bits per heavy atom. The van der Waals surface area contributed by atoms with Crippen LogP contribution in [0.3, 0.4) is 0 Å². The van der Waals surface area contributed by atoms with Crippen molar-refractivity contribution < 1.29 is 19.4 Å². The normalized spacial score (nSPS) is 27.5. The van der Waals surface area contributed by atoms with Gasteiger partial charge in [-0.2, -0.15) is 0 Å². The molecule has 5 nitrogen and oxygen atoms in total. The van der Waals surface area contributed by atoms with Crippen LogP contribution in [-0.2, 0) is 27.5 Å². The first kappa shape index (κ1) is 22.7. The molecule has 5 heteroatoms. The highest BCUT2D eigenvalue weighted by atomic mass is 16.7. The molecule has 2 fully saturated rings. The van der Waals surface area contributed by atoms with Crippen LogP contribution in [0.4, 0.5) is 0 Å². The second-order valence-corrected chi connectivity index (χ2v) is 9.73. The van der Waals surface area contributed by atoms with Gasteiger partial charge in [0.2, 0.25) is 6.29 Å². The highest BCUT2D eigenvalue weighted by Crippen LogP contribution is 2.44. The van der Waals surface area contributed by atoms with Crippen molar-refractivity contribution in [3.05, 3.63) is 82.6 Å². The van der Waals surface area contributed by atoms with Crippen molar-refractivity contribution in [2.75, 3.05) is 0 Å². The fourth-order valence-corrected chi connectivity index (χ4v) is 5.57. The van der Waals surface area contributed by atoms with Crippen molar-refractivity contribution >= 4 is 5.91 Å². The summed E-state index contributed by atoms with van der Waals surface area (Å²) in [5.41, 5.74) is 3.75. The summed E-state index contributed by atoms with van der Waals surface area (Å²) in [5.74, 6) is 4.17. The Kier molecular flexibility index (Phi) is 6.71. The Morgan fingerprint density at radius 1 is 1.06 bits per heavy atom. The lowest BCUT2D eigenvalue weighted by atomic mass is 9.92. The molecule has 3 aliphatic rings. The number of hydrogen-bond donors (Lipinski definition) is 2. The zero-order chi connectivity index (χ0) is 23.5. The predicted molar refractivity (Wildman–Crippen MR) is 129 cm³/mol. The zero-order valence-electron chi connectivity index (χ0n) is 19.3. The van der Waals surface area contributed by atoms with Crippen molar-refractivity contribution in [2.24, 2.45) is 11.8 Å². The number of carbonyl (C=O) groups is 1. The molecule has 1 heterocycles. The van der Waals surface area contributed by atoms with Crippen LogP contribution in [0.2, 0.25) is 0 Å². The van der Waals surface area contributed by atoms with E-state index < -0.39 is 6.29 Å². The highest BCUT2D eigenvalue weighted by molar-refractivity contribution is 5.92. The number of amides is 1. The molecule has 5 rings (SSSR count). The van der Waals surface area contributed by atoms with Gasteiger partial charge in [0.1, 0.15) is 0 Å². The van der Waals surface area contributed by atoms with E-state index in [4.69, 9.17) is 15.9 Å². The molecule has 5 atom stereocenters. The molecule has 1 aliphatic heterocycles. The number of terminal acetylenes is 1. The van der Waals surface area contributed by atoms with Crippen LogP contribution in [-0.4, -0.2) is 23.3 Å². The molecular formula is C29H31NO4. The first-order valence-electron chi connectivity index (χ1n) is 12.2. The maximum atomic E-state index is 13.2. The summed E-state index contributed by atoms with van der Waals surface area (Å²) >= 11 is 0. The lowest BCUT2D eigenvalue weighted by molar-refractivity contribution is -0.150. The van der Waals surface area contributed by atoms with Crippen molar-refractivity contribution in [1.29, 1.82) is 0 Å². The Bertz CT molecular complexity index is 1080. The van der Waals surface area contributed by atoms with Crippen LogP contribution in [0.25, 0.3) is 0 Å². The Balaban J connectivity index is 1.30. The van der Waals surface area contributed by atoms with Crippen LogP contribution >= 0.6 is 0 Å². The van der Waals surface area contributed by atoms with Gasteiger partial charge >= 0.3 is 0 Å². The van der Waals surface area contributed by atoms with E-state index in [9.17, 15) is 9.90 Å². The number of allylic oxidation sites excluding steroid dienone is 1. The number of aliphatic hydroxyl groups excluding tert-OH is 1. The van der Waals surface area contributed by atoms with Crippen molar-refractivity contribution in [3.63, 3.8) is 0 Å². The Hall–Kier alpha value is -3.07. The molecule has 0 radical (unpaired) electrons. The molecule has 176 valence electrons. The van der Waals surface area contributed by atoms with Gasteiger partial charge in [-0.25, -0.2) is 0 Å². The van der Waals surface area contributed by atoms with E-state index in [0.717, 1.165) is 34.6 Å². The number of nitrogens with one attached hydrogen (secondary N) is 1. The zero-order valence-corrected chi connectivity index (χ0v) is 19.3. The third-order valence-electron chi connectivity index (χ3n) is 7.48. The van der Waals surface area contributed by atoms with E-state index in [0.29, 0.717) is 24.7 Å². The van der Waals surface area contributed by atoms with Crippen molar-refractivity contribution in [1.82, 2.24) is 5.32 Å². The number of benzene rings is 2. The first-order chi connectivity index (χ1) is 16.6. The molecule has 2 N–H and O–H groups in total. The van der Waals surface area contributed by atoms with Gasteiger partial charge in [0.05, 0.1) is 13.2 Å². The van der Waals surface area contributed by atoms with Crippen LogP contribution in [0.1, 0.15) is 60.3 Å². The average molecular weight is 458 g/mol. The van der Waals surface area contributed by atoms with Gasteiger partial charge in [-0.15, -0.1) is 6.42 Å².